The fourth-order valence-electron chi connectivity index (χ4n) is 1.87. The summed E-state index contributed by atoms with van der Waals surface area (Å²) < 4.78 is 25.2. The lowest BCUT2D eigenvalue weighted by molar-refractivity contribution is 0.118. The van der Waals surface area contributed by atoms with Crippen LogP contribution in [0, 0.1) is 17.1 Å². The van der Waals surface area contributed by atoms with Crippen molar-refractivity contribution < 1.29 is 13.9 Å². The quantitative estimate of drug-likeness (QED) is 0.895. The van der Waals surface area contributed by atoms with Gasteiger partial charge in [-0.15, -0.1) is 0 Å². The molecule has 0 aliphatic carbocycles. The summed E-state index contributed by atoms with van der Waals surface area (Å²) in [5.74, 6) is -0.0600. The van der Waals surface area contributed by atoms with Crippen LogP contribution in [0.1, 0.15) is 26.3 Å². The lowest BCUT2D eigenvalue weighted by atomic mass is 10.2. The fraction of sp³-hybridized carbons (Fsp3) is 0.312. The third-order valence-electron chi connectivity index (χ3n) is 2.79. The maximum atomic E-state index is 14.2. The molecule has 0 spiro atoms. The Morgan fingerprint density at radius 1 is 1.29 bits per heavy atom. The molecule has 0 atom stereocenters. The third-order valence-corrected chi connectivity index (χ3v) is 3.09. The summed E-state index contributed by atoms with van der Waals surface area (Å²) in [6.45, 7) is 5.58. The lowest BCUT2D eigenvalue weighted by Crippen LogP contribution is -2.24. The Labute approximate surface area is 144 Å². The van der Waals surface area contributed by atoms with Crippen LogP contribution in [0.3, 0.4) is 0 Å². The van der Waals surface area contributed by atoms with E-state index in [0.717, 1.165) is 6.07 Å². The topological polar surface area (TPSA) is 80.1 Å². The number of nitrogens with zero attached hydrogens (tertiary/aromatic N) is 3. The molecule has 0 amide bonds. The van der Waals surface area contributed by atoms with E-state index in [-0.39, 0.29) is 33.7 Å². The normalized spacial score (nSPS) is 10.9. The third kappa shape index (κ3) is 4.03. The predicted molar refractivity (Wildman–Crippen MR) is 88.4 cm³/mol. The molecule has 6 nitrogen and oxygen atoms in total. The second-order valence-corrected chi connectivity index (χ2v) is 6.23. The molecule has 0 radical (unpaired) electrons. The molecule has 8 heteroatoms. The van der Waals surface area contributed by atoms with Crippen molar-refractivity contribution in [2.45, 2.75) is 26.4 Å². The summed E-state index contributed by atoms with van der Waals surface area (Å²) in [5.41, 5.74) is -0.403. The van der Waals surface area contributed by atoms with E-state index in [4.69, 9.17) is 26.3 Å². The molecule has 0 unspecified atom stereocenters. The minimum atomic E-state index is -0.682. The molecule has 0 fully saturated rings. The summed E-state index contributed by atoms with van der Waals surface area (Å²) in [6, 6.07) is 4.27. The first kappa shape index (κ1) is 17.8. The number of ether oxygens (including phenoxy) is 2. The number of nitriles is 1. The van der Waals surface area contributed by atoms with Gasteiger partial charge in [0.2, 0.25) is 5.75 Å². The number of benzene rings is 1. The van der Waals surface area contributed by atoms with Gasteiger partial charge in [-0.2, -0.15) is 10.2 Å². The molecule has 1 N–H and O–H groups in total. The number of anilines is 2. The first-order chi connectivity index (χ1) is 11.2. The van der Waals surface area contributed by atoms with Crippen LogP contribution in [0.25, 0.3) is 0 Å². The highest BCUT2D eigenvalue weighted by molar-refractivity contribution is 6.33. The zero-order valence-electron chi connectivity index (χ0n) is 13.6. The Hall–Kier alpha value is -2.59. The highest BCUT2D eigenvalue weighted by Crippen LogP contribution is 2.37. The van der Waals surface area contributed by atoms with Gasteiger partial charge in [-0.05, 0) is 32.9 Å². The molecule has 0 bridgehead atoms. The smallest absolute Gasteiger partial charge is 0.263 e. The molecular weight excluding hydrogens is 335 g/mol. The Balaban J connectivity index is 2.44. The van der Waals surface area contributed by atoms with Gasteiger partial charge in [0.25, 0.3) is 5.88 Å². The van der Waals surface area contributed by atoms with Crippen molar-refractivity contribution >= 4 is 23.1 Å². The molecule has 0 saturated heterocycles. The van der Waals surface area contributed by atoms with Crippen molar-refractivity contribution in [3.05, 3.63) is 34.9 Å². The molecule has 2 rings (SSSR count). The maximum absolute atomic E-state index is 14.2. The van der Waals surface area contributed by atoms with E-state index < -0.39 is 11.4 Å². The molecule has 0 aliphatic rings. The van der Waals surface area contributed by atoms with Gasteiger partial charge in [0, 0.05) is 0 Å². The average Bonchev–Trinajstić information content (AvgIpc) is 2.49. The largest absolute Gasteiger partial charge is 0.489 e. The van der Waals surface area contributed by atoms with E-state index in [2.05, 4.69) is 15.3 Å². The lowest BCUT2D eigenvalue weighted by Gasteiger charge is -2.22. The number of methoxy groups -OCH3 is 1. The van der Waals surface area contributed by atoms with Crippen molar-refractivity contribution in [1.29, 1.82) is 5.26 Å². The van der Waals surface area contributed by atoms with Gasteiger partial charge in [0.1, 0.15) is 17.7 Å². The Morgan fingerprint density at radius 2 is 2.00 bits per heavy atom. The molecule has 2 aromatic rings. The summed E-state index contributed by atoms with van der Waals surface area (Å²) in [4.78, 5) is 8.08. The number of nitrogens with one attached hydrogen (secondary N) is 1. The number of hydrogen-bond acceptors (Lipinski definition) is 6. The first-order valence-corrected chi connectivity index (χ1v) is 7.37. The van der Waals surface area contributed by atoms with Crippen LogP contribution < -0.4 is 14.8 Å². The number of halogens is 2. The zero-order chi connectivity index (χ0) is 17.9. The number of aromatic nitrogens is 2. The number of rotatable bonds is 4. The summed E-state index contributed by atoms with van der Waals surface area (Å²) in [5, 5.41) is 11.7. The van der Waals surface area contributed by atoms with E-state index in [1.807, 2.05) is 26.8 Å². The van der Waals surface area contributed by atoms with Crippen LogP contribution in [0.5, 0.6) is 11.6 Å². The van der Waals surface area contributed by atoms with Crippen LogP contribution in [0.15, 0.2) is 18.5 Å². The van der Waals surface area contributed by atoms with Crippen LogP contribution in [0.4, 0.5) is 15.9 Å². The van der Waals surface area contributed by atoms with E-state index in [1.165, 1.54) is 19.5 Å². The minimum absolute atomic E-state index is 0.0191. The summed E-state index contributed by atoms with van der Waals surface area (Å²) >= 11 is 6.04. The van der Waals surface area contributed by atoms with Gasteiger partial charge in [0.05, 0.1) is 29.5 Å². The standard InChI is InChI=1S/C16H16ClFN4O2/c1-16(2,3)24-15-13(23-4)14(20-8-21-15)22-12-10(17)5-9(7-19)6-11(12)18/h5-6,8H,1-4H3,(H,20,21,22). The van der Waals surface area contributed by atoms with Gasteiger partial charge in [-0.3, -0.25) is 0 Å². The van der Waals surface area contributed by atoms with Crippen LogP contribution >= 0.6 is 11.6 Å². The Kier molecular flexibility index (Phi) is 5.10. The Morgan fingerprint density at radius 3 is 2.54 bits per heavy atom. The minimum Gasteiger partial charge on any atom is -0.489 e. The zero-order valence-corrected chi connectivity index (χ0v) is 14.4. The van der Waals surface area contributed by atoms with E-state index in [1.54, 1.807) is 0 Å². The van der Waals surface area contributed by atoms with Crippen molar-refractivity contribution in [2.24, 2.45) is 0 Å². The van der Waals surface area contributed by atoms with Crippen LogP contribution in [0.2, 0.25) is 5.02 Å². The monoisotopic (exact) mass is 350 g/mol. The van der Waals surface area contributed by atoms with Gasteiger partial charge in [0.15, 0.2) is 5.82 Å². The van der Waals surface area contributed by atoms with Gasteiger partial charge in [-0.1, -0.05) is 11.6 Å². The molecule has 0 saturated carbocycles. The second-order valence-electron chi connectivity index (χ2n) is 5.83. The van der Waals surface area contributed by atoms with Gasteiger partial charge >= 0.3 is 0 Å². The Bertz CT molecular complexity index is 777. The summed E-state index contributed by atoms with van der Waals surface area (Å²) in [7, 11) is 1.43. The van der Waals surface area contributed by atoms with Crippen molar-refractivity contribution in [3.8, 4) is 17.7 Å². The maximum Gasteiger partial charge on any atom is 0.263 e. The predicted octanol–water partition coefficient (Wildman–Crippen LogP) is 4.07. The molecular formula is C16H16ClFN4O2. The molecule has 126 valence electrons. The first-order valence-electron chi connectivity index (χ1n) is 6.99. The van der Waals surface area contributed by atoms with Crippen molar-refractivity contribution in [2.75, 3.05) is 12.4 Å². The van der Waals surface area contributed by atoms with E-state index in [9.17, 15) is 4.39 Å². The second kappa shape index (κ2) is 6.89. The van der Waals surface area contributed by atoms with Crippen LogP contribution in [-0.4, -0.2) is 22.7 Å². The van der Waals surface area contributed by atoms with E-state index >= 15 is 0 Å². The van der Waals surface area contributed by atoms with E-state index in [0.29, 0.717) is 0 Å². The molecule has 1 aromatic carbocycles. The highest BCUT2D eigenvalue weighted by Gasteiger charge is 2.21. The molecule has 0 aliphatic heterocycles. The van der Waals surface area contributed by atoms with Crippen molar-refractivity contribution in [1.82, 2.24) is 9.97 Å². The fourth-order valence-corrected chi connectivity index (χ4v) is 2.12. The SMILES string of the molecule is COc1c(Nc2c(F)cc(C#N)cc2Cl)ncnc1OC(C)(C)C. The van der Waals surface area contributed by atoms with Crippen molar-refractivity contribution in [3.63, 3.8) is 0 Å². The molecule has 1 heterocycles. The van der Waals surface area contributed by atoms with Gasteiger partial charge < -0.3 is 14.8 Å². The highest BCUT2D eigenvalue weighted by atomic mass is 35.5. The molecule has 1 aromatic heterocycles. The number of hydrogen-bond donors (Lipinski definition) is 1. The van der Waals surface area contributed by atoms with Gasteiger partial charge in [-0.25, -0.2) is 9.37 Å². The van der Waals surface area contributed by atoms with Crippen LogP contribution in [-0.2, 0) is 0 Å². The average molecular weight is 351 g/mol. The summed E-state index contributed by atoms with van der Waals surface area (Å²) in [6.07, 6.45) is 1.27. The molecule has 24 heavy (non-hydrogen) atoms.